The average molecular weight is 404 g/mol. The zero-order valence-electron chi connectivity index (χ0n) is 16.7. The van der Waals surface area contributed by atoms with Crippen molar-refractivity contribution in [1.29, 1.82) is 0 Å². The Morgan fingerprint density at radius 2 is 1.93 bits per heavy atom. The monoisotopic (exact) mass is 404 g/mol. The summed E-state index contributed by atoms with van der Waals surface area (Å²) in [6, 6.07) is 12.4. The molecule has 0 spiro atoms. The summed E-state index contributed by atoms with van der Waals surface area (Å²) in [7, 11) is 0. The van der Waals surface area contributed by atoms with E-state index in [1.165, 1.54) is 12.1 Å². The lowest BCUT2D eigenvalue weighted by Gasteiger charge is -2.38. The van der Waals surface area contributed by atoms with Crippen LogP contribution in [0.15, 0.2) is 59.8 Å². The van der Waals surface area contributed by atoms with Gasteiger partial charge in [0.15, 0.2) is 11.6 Å². The Bertz CT molecular complexity index is 1190. The Labute approximate surface area is 173 Å². The molecule has 152 valence electrons. The lowest BCUT2D eigenvalue weighted by molar-refractivity contribution is -0.118. The molecule has 1 atom stereocenters. The number of allylic oxidation sites excluding steroid dienone is 2. The normalized spacial score (nSPS) is 19.8. The highest BCUT2D eigenvalue weighted by molar-refractivity contribution is 6.00. The number of aromatic nitrogens is 3. The van der Waals surface area contributed by atoms with Crippen molar-refractivity contribution in [3.05, 3.63) is 71.2 Å². The van der Waals surface area contributed by atoms with Crippen molar-refractivity contribution in [3.63, 3.8) is 0 Å². The lowest BCUT2D eigenvalue weighted by Crippen LogP contribution is -2.36. The number of fused-ring (bicyclic) bond motifs is 1. The number of hydrogen-bond donors (Lipinski definition) is 2. The number of nitrogens with zero attached hydrogens (tertiary/aromatic N) is 3. The Morgan fingerprint density at radius 3 is 2.67 bits per heavy atom. The van der Waals surface area contributed by atoms with Crippen LogP contribution in [0, 0.1) is 11.2 Å². The maximum absolute atomic E-state index is 13.3. The van der Waals surface area contributed by atoms with E-state index in [1.807, 2.05) is 6.07 Å². The van der Waals surface area contributed by atoms with Gasteiger partial charge in [0, 0.05) is 23.3 Å². The number of rotatable bonds is 2. The summed E-state index contributed by atoms with van der Waals surface area (Å²) in [5.41, 5.74) is 2.78. The van der Waals surface area contributed by atoms with E-state index in [1.54, 1.807) is 35.0 Å². The quantitative estimate of drug-likeness (QED) is 0.660. The van der Waals surface area contributed by atoms with Crippen LogP contribution in [0.25, 0.3) is 11.4 Å². The van der Waals surface area contributed by atoms with Crippen molar-refractivity contribution in [1.82, 2.24) is 14.8 Å². The van der Waals surface area contributed by atoms with Gasteiger partial charge in [0.25, 0.3) is 0 Å². The van der Waals surface area contributed by atoms with E-state index < -0.39 is 6.04 Å². The largest absolute Gasteiger partial charge is 0.508 e. The van der Waals surface area contributed by atoms with Gasteiger partial charge >= 0.3 is 0 Å². The van der Waals surface area contributed by atoms with E-state index in [4.69, 9.17) is 0 Å². The van der Waals surface area contributed by atoms with Gasteiger partial charge in [0.1, 0.15) is 17.6 Å². The molecule has 0 radical (unpaired) electrons. The maximum Gasteiger partial charge on any atom is 0.226 e. The van der Waals surface area contributed by atoms with Crippen LogP contribution in [-0.4, -0.2) is 25.7 Å². The molecule has 1 aliphatic heterocycles. The van der Waals surface area contributed by atoms with Crippen molar-refractivity contribution in [3.8, 4) is 17.1 Å². The van der Waals surface area contributed by atoms with Gasteiger partial charge in [-0.1, -0.05) is 26.0 Å². The number of carbonyl (C=O) groups excluding carboxylic acids is 1. The molecular formula is C23H21FN4O2. The minimum atomic E-state index is -0.492. The first-order valence-electron chi connectivity index (χ1n) is 9.85. The zero-order chi connectivity index (χ0) is 21.0. The summed E-state index contributed by atoms with van der Waals surface area (Å²) < 4.78 is 15.0. The maximum atomic E-state index is 13.3. The Morgan fingerprint density at radius 1 is 1.17 bits per heavy atom. The summed E-state index contributed by atoms with van der Waals surface area (Å²) in [6.45, 7) is 4.14. The zero-order valence-corrected chi connectivity index (χ0v) is 16.7. The first kappa shape index (κ1) is 18.5. The highest BCUT2D eigenvalue weighted by Crippen LogP contribution is 2.45. The molecule has 3 aromatic rings. The van der Waals surface area contributed by atoms with Crippen molar-refractivity contribution < 1.29 is 14.3 Å². The standard InChI is InChI=1S/C23H21FN4O2/c1-23(2)11-17-19(18(30)12-23)20(14-4-3-5-16(29)10-14)28-22(25-17)26-21(27-28)13-6-8-15(24)9-7-13/h3-10,20,29H,11-12H2,1-2H3,(H,25,26,27). The van der Waals surface area contributed by atoms with E-state index in [9.17, 15) is 14.3 Å². The summed E-state index contributed by atoms with van der Waals surface area (Å²) in [6.07, 6.45) is 1.15. The SMILES string of the molecule is CC1(C)CC(=O)C2=C(C1)Nc1nc(-c3ccc(F)cc3)nn1C2c1cccc(O)c1. The van der Waals surface area contributed by atoms with Crippen LogP contribution in [0.3, 0.4) is 0 Å². The van der Waals surface area contributed by atoms with Crippen LogP contribution in [0.1, 0.15) is 38.3 Å². The number of benzene rings is 2. The summed E-state index contributed by atoms with van der Waals surface area (Å²) in [5, 5.41) is 18.0. The second-order valence-corrected chi connectivity index (χ2v) is 8.67. The van der Waals surface area contributed by atoms with Crippen molar-refractivity contribution in [2.75, 3.05) is 5.32 Å². The van der Waals surface area contributed by atoms with Crippen LogP contribution in [0.4, 0.5) is 10.3 Å². The molecule has 6 nitrogen and oxygen atoms in total. The molecule has 0 saturated heterocycles. The molecule has 0 saturated carbocycles. The second-order valence-electron chi connectivity index (χ2n) is 8.67. The number of halogens is 1. The van der Waals surface area contributed by atoms with Gasteiger partial charge in [-0.15, -0.1) is 5.10 Å². The molecule has 0 fully saturated rings. The molecule has 1 aromatic heterocycles. The second kappa shape index (κ2) is 6.52. The van der Waals surface area contributed by atoms with E-state index in [0.29, 0.717) is 35.8 Å². The van der Waals surface area contributed by atoms with Gasteiger partial charge in [-0.05, 0) is 53.8 Å². The van der Waals surface area contributed by atoms with Gasteiger partial charge < -0.3 is 10.4 Å². The van der Waals surface area contributed by atoms with Crippen LogP contribution in [0.5, 0.6) is 5.75 Å². The van der Waals surface area contributed by atoms with Crippen molar-refractivity contribution in [2.45, 2.75) is 32.7 Å². The van der Waals surface area contributed by atoms with Crippen LogP contribution >= 0.6 is 0 Å². The topological polar surface area (TPSA) is 80.0 Å². The fourth-order valence-corrected chi connectivity index (χ4v) is 4.33. The van der Waals surface area contributed by atoms with E-state index in [2.05, 4.69) is 29.2 Å². The lowest BCUT2D eigenvalue weighted by atomic mass is 9.73. The van der Waals surface area contributed by atoms with Crippen molar-refractivity contribution in [2.24, 2.45) is 5.41 Å². The third kappa shape index (κ3) is 3.07. The number of carbonyl (C=O) groups is 1. The number of aromatic hydroxyl groups is 1. The molecule has 5 rings (SSSR count). The van der Waals surface area contributed by atoms with Gasteiger partial charge in [-0.25, -0.2) is 9.07 Å². The van der Waals surface area contributed by atoms with Crippen LogP contribution < -0.4 is 5.32 Å². The van der Waals surface area contributed by atoms with Gasteiger partial charge in [-0.2, -0.15) is 4.98 Å². The molecular weight excluding hydrogens is 383 g/mol. The Hall–Kier alpha value is -3.48. The number of nitrogens with one attached hydrogen (secondary N) is 1. The number of hydrogen-bond acceptors (Lipinski definition) is 5. The summed E-state index contributed by atoms with van der Waals surface area (Å²) in [4.78, 5) is 17.8. The third-order valence-corrected chi connectivity index (χ3v) is 5.62. The number of anilines is 1. The predicted molar refractivity (Wildman–Crippen MR) is 110 cm³/mol. The van der Waals surface area contributed by atoms with E-state index in [0.717, 1.165) is 11.3 Å². The molecule has 2 aliphatic rings. The first-order chi connectivity index (χ1) is 14.3. The Balaban J connectivity index is 1.68. The molecule has 2 aromatic carbocycles. The molecule has 2 N–H and O–H groups in total. The molecule has 0 amide bonds. The first-order valence-corrected chi connectivity index (χ1v) is 9.85. The minimum Gasteiger partial charge on any atom is -0.508 e. The molecule has 1 aliphatic carbocycles. The summed E-state index contributed by atoms with van der Waals surface area (Å²) >= 11 is 0. The molecule has 2 heterocycles. The number of phenolic OH excluding ortho intramolecular Hbond substituents is 1. The third-order valence-electron chi connectivity index (χ3n) is 5.62. The van der Waals surface area contributed by atoms with E-state index >= 15 is 0 Å². The van der Waals surface area contributed by atoms with E-state index in [-0.39, 0.29) is 22.8 Å². The van der Waals surface area contributed by atoms with Crippen LogP contribution in [0.2, 0.25) is 0 Å². The predicted octanol–water partition coefficient (Wildman–Crippen LogP) is 4.45. The van der Waals surface area contributed by atoms with Crippen molar-refractivity contribution >= 4 is 11.7 Å². The average Bonchev–Trinajstić information content (AvgIpc) is 3.09. The minimum absolute atomic E-state index is 0.0616. The van der Waals surface area contributed by atoms with Crippen LogP contribution in [-0.2, 0) is 4.79 Å². The highest BCUT2D eigenvalue weighted by Gasteiger charge is 2.42. The molecule has 30 heavy (non-hydrogen) atoms. The highest BCUT2D eigenvalue weighted by atomic mass is 19.1. The molecule has 7 heteroatoms. The van der Waals surface area contributed by atoms with Gasteiger partial charge in [0.2, 0.25) is 5.95 Å². The number of ketones is 1. The molecule has 0 bridgehead atoms. The molecule has 1 unspecified atom stereocenters. The van der Waals surface area contributed by atoms with Gasteiger partial charge in [-0.3, -0.25) is 4.79 Å². The smallest absolute Gasteiger partial charge is 0.226 e. The Kier molecular flexibility index (Phi) is 4.03. The fourth-order valence-electron chi connectivity index (χ4n) is 4.33. The van der Waals surface area contributed by atoms with Gasteiger partial charge in [0.05, 0.1) is 0 Å². The number of Topliss-reactive ketones (excluding diaryl/α,β-unsaturated/α-hetero) is 1. The summed E-state index contributed by atoms with van der Waals surface area (Å²) in [5.74, 6) is 0.813. The fraction of sp³-hybridized carbons (Fsp3) is 0.261. The number of phenols is 1.